The van der Waals surface area contributed by atoms with Crippen molar-refractivity contribution in [3.05, 3.63) is 28.9 Å². The van der Waals surface area contributed by atoms with Crippen LogP contribution in [0.15, 0.2) is 23.7 Å². The van der Waals surface area contributed by atoms with E-state index in [4.69, 9.17) is 11.6 Å². The van der Waals surface area contributed by atoms with Crippen LogP contribution in [0.3, 0.4) is 0 Å². The fourth-order valence-electron chi connectivity index (χ4n) is 0.837. The number of H-pyrrole nitrogens is 1. The van der Waals surface area contributed by atoms with Crippen molar-refractivity contribution in [2.45, 2.75) is 0 Å². The summed E-state index contributed by atoms with van der Waals surface area (Å²) in [6, 6.07) is 3.98. The smallest absolute Gasteiger partial charge is 0.148 e. The van der Waals surface area contributed by atoms with Crippen LogP contribution in [0, 0.1) is 0 Å². The van der Waals surface area contributed by atoms with Crippen molar-refractivity contribution in [2.24, 2.45) is 0 Å². The van der Waals surface area contributed by atoms with E-state index in [2.05, 4.69) is 9.97 Å². The van der Waals surface area contributed by atoms with Gasteiger partial charge in [0.1, 0.15) is 11.0 Å². The third-order valence-electron chi connectivity index (χ3n) is 1.30. The van der Waals surface area contributed by atoms with Crippen LogP contribution in [-0.2, 0) is 0 Å². The topological polar surface area (TPSA) is 28.7 Å². The van der Waals surface area contributed by atoms with Crippen molar-refractivity contribution in [2.75, 3.05) is 0 Å². The van der Waals surface area contributed by atoms with Gasteiger partial charge in [-0.25, -0.2) is 4.98 Å². The van der Waals surface area contributed by atoms with Gasteiger partial charge in [0.05, 0.1) is 11.1 Å². The molecule has 2 rings (SSSR count). The van der Waals surface area contributed by atoms with Crippen LogP contribution in [0.1, 0.15) is 0 Å². The summed E-state index contributed by atoms with van der Waals surface area (Å²) in [4.78, 5) is 8.13. The SMILES string of the molecule is Clc1cnc(-c2cccs2)[nH]1. The fourth-order valence-corrected chi connectivity index (χ4v) is 1.65. The number of aromatic amines is 1. The molecule has 11 heavy (non-hydrogen) atoms. The summed E-state index contributed by atoms with van der Waals surface area (Å²) < 4.78 is 0. The normalized spacial score (nSPS) is 10.3. The number of hydrogen-bond donors (Lipinski definition) is 1. The predicted molar refractivity (Wildman–Crippen MR) is 46.9 cm³/mol. The average molecular weight is 185 g/mol. The first-order chi connectivity index (χ1) is 5.36. The molecular weight excluding hydrogens is 180 g/mol. The Kier molecular flexibility index (Phi) is 1.68. The van der Waals surface area contributed by atoms with E-state index in [1.54, 1.807) is 17.5 Å². The van der Waals surface area contributed by atoms with Gasteiger partial charge in [-0.2, -0.15) is 0 Å². The molecule has 1 N–H and O–H groups in total. The van der Waals surface area contributed by atoms with Crippen LogP contribution in [0.25, 0.3) is 10.7 Å². The third kappa shape index (κ3) is 1.29. The quantitative estimate of drug-likeness (QED) is 0.726. The van der Waals surface area contributed by atoms with E-state index in [0.717, 1.165) is 10.7 Å². The van der Waals surface area contributed by atoms with Crippen LogP contribution in [0.5, 0.6) is 0 Å². The first-order valence-corrected chi connectivity index (χ1v) is 4.36. The van der Waals surface area contributed by atoms with Crippen LogP contribution in [-0.4, -0.2) is 9.97 Å². The molecule has 2 nitrogen and oxygen atoms in total. The van der Waals surface area contributed by atoms with Gasteiger partial charge < -0.3 is 4.98 Å². The Balaban J connectivity index is 2.45. The van der Waals surface area contributed by atoms with Crippen LogP contribution >= 0.6 is 22.9 Å². The zero-order valence-electron chi connectivity index (χ0n) is 5.54. The molecule has 0 spiro atoms. The maximum absolute atomic E-state index is 5.66. The summed E-state index contributed by atoms with van der Waals surface area (Å²) in [7, 11) is 0. The van der Waals surface area contributed by atoms with Gasteiger partial charge in [0, 0.05) is 0 Å². The molecular formula is C7H5ClN2S. The van der Waals surface area contributed by atoms with Crippen molar-refractivity contribution in [1.82, 2.24) is 9.97 Å². The van der Waals surface area contributed by atoms with Crippen LogP contribution in [0.2, 0.25) is 5.15 Å². The number of thiophene rings is 1. The van der Waals surface area contributed by atoms with E-state index in [9.17, 15) is 0 Å². The van der Waals surface area contributed by atoms with E-state index in [-0.39, 0.29) is 0 Å². The zero-order chi connectivity index (χ0) is 7.68. The number of rotatable bonds is 1. The van der Waals surface area contributed by atoms with Gasteiger partial charge in [0.25, 0.3) is 0 Å². The summed E-state index contributed by atoms with van der Waals surface area (Å²) in [5.74, 6) is 0.838. The highest BCUT2D eigenvalue weighted by Gasteiger charge is 2.01. The molecule has 4 heteroatoms. The second kappa shape index (κ2) is 2.68. The Morgan fingerprint density at radius 1 is 1.55 bits per heavy atom. The van der Waals surface area contributed by atoms with Gasteiger partial charge in [-0.15, -0.1) is 11.3 Å². The van der Waals surface area contributed by atoms with E-state index < -0.39 is 0 Å². The summed E-state index contributed by atoms with van der Waals surface area (Å²) in [5, 5.41) is 2.58. The minimum atomic E-state index is 0.577. The molecule has 2 aromatic heterocycles. The van der Waals surface area contributed by atoms with Gasteiger partial charge in [-0.1, -0.05) is 17.7 Å². The van der Waals surface area contributed by atoms with Gasteiger partial charge in [0.2, 0.25) is 0 Å². The average Bonchev–Trinajstić information content (AvgIpc) is 2.55. The van der Waals surface area contributed by atoms with E-state index in [1.807, 2.05) is 17.5 Å². The molecule has 0 radical (unpaired) electrons. The minimum Gasteiger partial charge on any atom is -0.328 e. The van der Waals surface area contributed by atoms with Gasteiger partial charge in [0.15, 0.2) is 0 Å². The maximum Gasteiger partial charge on any atom is 0.148 e. The number of hydrogen-bond acceptors (Lipinski definition) is 2. The first kappa shape index (κ1) is 6.88. The molecule has 0 aliphatic rings. The molecule has 0 aromatic carbocycles. The Morgan fingerprint density at radius 2 is 2.45 bits per heavy atom. The van der Waals surface area contributed by atoms with Crippen molar-refractivity contribution in [3.8, 4) is 10.7 Å². The second-order valence-corrected chi connectivity index (χ2v) is 3.41. The lowest BCUT2D eigenvalue weighted by atomic mass is 10.4. The van der Waals surface area contributed by atoms with Crippen molar-refractivity contribution < 1.29 is 0 Å². The monoisotopic (exact) mass is 184 g/mol. The lowest BCUT2D eigenvalue weighted by Crippen LogP contribution is -1.71. The van der Waals surface area contributed by atoms with E-state index in [0.29, 0.717) is 5.15 Å². The van der Waals surface area contributed by atoms with E-state index in [1.165, 1.54) is 0 Å². The van der Waals surface area contributed by atoms with E-state index >= 15 is 0 Å². The molecule has 0 fully saturated rings. The van der Waals surface area contributed by atoms with Crippen molar-refractivity contribution >= 4 is 22.9 Å². The summed E-state index contributed by atoms with van der Waals surface area (Å²) in [5.41, 5.74) is 0. The summed E-state index contributed by atoms with van der Waals surface area (Å²) in [6.07, 6.45) is 1.61. The number of halogens is 1. The number of aromatic nitrogens is 2. The number of imidazole rings is 1. The molecule has 0 bridgehead atoms. The highest BCUT2D eigenvalue weighted by Crippen LogP contribution is 2.22. The van der Waals surface area contributed by atoms with Crippen molar-refractivity contribution in [3.63, 3.8) is 0 Å². The standard InChI is InChI=1S/C7H5ClN2S/c8-6-4-9-7(10-6)5-2-1-3-11-5/h1-4H,(H,9,10). The molecule has 0 unspecified atom stereocenters. The first-order valence-electron chi connectivity index (χ1n) is 3.10. The lowest BCUT2D eigenvalue weighted by molar-refractivity contribution is 1.33. The van der Waals surface area contributed by atoms with Crippen molar-refractivity contribution in [1.29, 1.82) is 0 Å². The molecule has 0 saturated carbocycles. The Bertz CT molecular complexity index is 339. The Labute approximate surface area is 72.9 Å². The van der Waals surface area contributed by atoms with Crippen LogP contribution in [0.4, 0.5) is 0 Å². The molecule has 0 atom stereocenters. The second-order valence-electron chi connectivity index (χ2n) is 2.06. The highest BCUT2D eigenvalue weighted by atomic mass is 35.5. The van der Waals surface area contributed by atoms with Crippen LogP contribution < -0.4 is 0 Å². The predicted octanol–water partition coefficient (Wildman–Crippen LogP) is 2.79. The maximum atomic E-state index is 5.66. The van der Waals surface area contributed by atoms with Gasteiger partial charge in [-0.3, -0.25) is 0 Å². The molecule has 0 aliphatic carbocycles. The molecule has 2 heterocycles. The molecule has 0 saturated heterocycles. The summed E-state index contributed by atoms with van der Waals surface area (Å²) in [6.45, 7) is 0. The van der Waals surface area contributed by atoms with Gasteiger partial charge in [-0.05, 0) is 11.4 Å². The van der Waals surface area contributed by atoms with Gasteiger partial charge >= 0.3 is 0 Å². The Morgan fingerprint density at radius 3 is 3.00 bits per heavy atom. The zero-order valence-corrected chi connectivity index (χ0v) is 7.12. The Hall–Kier alpha value is -0.800. The molecule has 56 valence electrons. The fraction of sp³-hybridized carbons (Fsp3) is 0. The highest BCUT2D eigenvalue weighted by molar-refractivity contribution is 7.13. The molecule has 0 aliphatic heterocycles. The minimum absolute atomic E-state index is 0.577. The lowest BCUT2D eigenvalue weighted by Gasteiger charge is -1.85. The number of nitrogens with one attached hydrogen (secondary N) is 1. The number of nitrogens with zero attached hydrogens (tertiary/aromatic N) is 1. The largest absolute Gasteiger partial charge is 0.328 e. The molecule has 2 aromatic rings. The molecule has 0 amide bonds. The summed E-state index contributed by atoms with van der Waals surface area (Å²) >= 11 is 7.30. The third-order valence-corrected chi connectivity index (χ3v) is 2.37.